The molecule has 1 unspecified atom stereocenters. The Balaban J connectivity index is 1.96. The van der Waals surface area contributed by atoms with Crippen LogP contribution in [0.4, 0.5) is 0 Å². The van der Waals surface area contributed by atoms with Gasteiger partial charge >= 0.3 is 0 Å². The lowest BCUT2D eigenvalue weighted by molar-refractivity contribution is -0.0197. The van der Waals surface area contributed by atoms with Crippen molar-refractivity contribution in [3.8, 4) is 0 Å². The molecule has 18 heavy (non-hydrogen) atoms. The smallest absolute Gasteiger partial charge is 0.0597 e. The lowest BCUT2D eigenvalue weighted by atomic mass is 9.86. The monoisotopic (exact) mass is 254 g/mol. The molecule has 1 heterocycles. The van der Waals surface area contributed by atoms with Crippen molar-refractivity contribution in [3.05, 3.63) is 0 Å². The molecule has 2 fully saturated rings. The molecule has 0 aromatic rings. The van der Waals surface area contributed by atoms with Gasteiger partial charge in [-0.1, -0.05) is 0 Å². The molecule has 1 aliphatic carbocycles. The van der Waals surface area contributed by atoms with Crippen molar-refractivity contribution in [2.75, 3.05) is 26.2 Å². The van der Waals surface area contributed by atoms with Crippen molar-refractivity contribution in [1.29, 1.82) is 0 Å². The molecular weight excluding hydrogens is 224 g/mol. The molecule has 1 saturated carbocycles. The van der Waals surface area contributed by atoms with Crippen LogP contribution in [0.25, 0.3) is 0 Å². The van der Waals surface area contributed by atoms with E-state index in [4.69, 9.17) is 4.74 Å². The van der Waals surface area contributed by atoms with Crippen LogP contribution in [0.3, 0.4) is 0 Å². The molecule has 0 spiro atoms. The number of ether oxygens (including phenoxy) is 1. The SMILES string of the molecule is CC(C)OCCN1CC(C)(C)NCC1(C)C1CC1. The van der Waals surface area contributed by atoms with E-state index >= 15 is 0 Å². The maximum Gasteiger partial charge on any atom is 0.0597 e. The molecular formula is C15H30N2O. The molecule has 3 heteroatoms. The average molecular weight is 254 g/mol. The highest BCUT2D eigenvalue weighted by Crippen LogP contribution is 2.44. The van der Waals surface area contributed by atoms with E-state index in [1.54, 1.807) is 0 Å². The Morgan fingerprint density at radius 3 is 2.50 bits per heavy atom. The Bertz CT molecular complexity index is 286. The lowest BCUT2D eigenvalue weighted by Crippen LogP contribution is -2.68. The molecule has 2 rings (SSSR count). The zero-order valence-corrected chi connectivity index (χ0v) is 12.8. The maximum absolute atomic E-state index is 5.74. The van der Waals surface area contributed by atoms with E-state index in [0.717, 1.165) is 32.2 Å². The molecule has 1 atom stereocenters. The van der Waals surface area contributed by atoms with Crippen molar-refractivity contribution >= 4 is 0 Å². The van der Waals surface area contributed by atoms with Gasteiger partial charge in [0.15, 0.2) is 0 Å². The second kappa shape index (κ2) is 5.10. The van der Waals surface area contributed by atoms with E-state index in [1.165, 1.54) is 12.8 Å². The van der Waals surface area contributed by atoms with E-state index in [-0.39, 0.29) is 5.54 Å². The highest BCUT2D eigenvalue weighted by Gasteiger charge is 2.49. The van der Waals surface area contributed by atoms with Crippen LogP contribution in [0.5, 0.6) is 0 Å². The summed E-state index contributed by atoms with van der Waals surface area (Å²) < 4.78 is 5.74. The van der Waals surface area contributed by atoms with Crippen LogP contribution in [-0.2, 0) is 4.74 Å². The zero-order chi connectivity index (χ0) is 13.4. The summed E-state index contributed by atoms with van der Waals surface area (Å²) in [5.41, 5.74) is 0.572. The van der Waals surface area contributed by atoms with Crippen molar-refractivity contribution in [2.24, 2.45) is 5.92 Å². The minimum absolute atomic E-state index is 0.228. The standard InChI is InChI=1S/C15H30N2O/c1-12(2)18-9-8-17-11-14(3,4)16-10-15(17,5)13-6-7-13/h12-13,16H,6-11H2,1-5H3. The molecule has 106 valence electrons. The summed E-state index contributed by atoms with van der Waals surface area (Å²) in [6.07, 6.45) is 3.15. The van der Waals surface area contributed by atoms with Crippen LogP contribution in [0.2, 0.25) is 0 Å². The Kier molecular flexibility index (Phi) is 4.05. The van der Waals surface area contributed by atoms with Crippen LogP contribution < -0.4 is 5.32 Å². The third-order valence-electron chi connectivity index (χ3n) is 4.50. The van der Waals surface area contributed by atoms with Gasteiger partial charge in [0.1, 0.15) is 0 Å². The largest absolute Gasteiger partial charge is 0.377 e. The minimum Gasteiger partial charge on any atom is -0.377 e. The summed E-state index contributed by atoms with van der Waals surface area (Å²) in [6, 6.07) is 0. The van der Waals surface area contributed by atoms with Gasteiger partial charge in [-0.2, -0.15) is 0 Å². The van der Waals surface area contributed by atoms with Gasteiger partial charge in [-0.25, -0.2) is 0 Å². The number of piperazine rings is 1. The molecule has 3 nitrogen and oxygen atoms in total. The van der Waals surface area contributed by atoms with Gasteiger partial charge in [0, 0.05) is 30.7 Å². The number of rotatable bonds is 5. The van der Waals surface area contributed by atoms with Crippen LogP contribution in [0.15, 0.2) is 0 Å². The quantitative estimate of drug-likeness (QED) is 0.814. The third-order valence-corrected chi connectivity index (χ3v) is 4.50. The van der Waals surface area contributed by atoms with Gasteiger partial charge in [-0.15, -0.1) is 0 Å². The minimum atomic E-state index is 0.228. The Hall–Kier alpha value is -0.120. The number of hydrogen-bond acceptors (Lipinski definition) is 3. The van der Waals surface area contributed by atoms with E-state index < -0.39 is 0 Å². The third kappa shape index (κ3) is 3.25. The van der Waals surface area contributed by atoms with Gasteiger partial charge in [0.05, 0.1) is 12.7 Å². The zero-order valence-electron chi connectivity index (χ0n) is 12.8. The first-order valence-electron chi connectivity index (χ1n) is 7.45. The van der Waals surface area contributed by atoms with Crippen LogP contribution >= 0.6 is 0 Å². The summed E-state index contributed by atoms with van der Waals surface area (Å²) in [5.74, 6) is 0.889. The fraction of sp³-hybridized carbons (Fsp3) is 1.00. The Labute approximate surface area is 112 Å². The number of nitrogens with one attached hydrogen (secondary N) is 1. The molecule has 0 aromatic heterocycles. The topological polar surface area (TPSA) is 24.5 Å². The first kappa shape index (κ1) is 14.3. The number of nitrogens with zero attached hydrogens (tertiary/aromatic N) is 1. The first-order chi connectivity index (χ1) is 8.33. The van der Waals surface area contributed by atoms with Crippen LogP contribution in [-0.4, -0.2) is 48.3 Å². The molecule has 0 aromatic carbocycles. The second-order valence-electron chi connectivity index (χ2n) is 7.21. The van der Waals surface area contributed by atoms with Crippen LogP contribution in [0.1, 0.15) is 47.5 Å². The van der Waals surface area contributed by atoms with E-state index in [9.17, 15) is 0 Å². The van der Waals surface area contributed by atoms with Gasteiger partial charge in [0.25, 0.3) is 0 Å². The summed E-state index contributed by atoms with van der Waals surface area (Å²) in [7, 11) is 0. The molecule has 0 bridgehead atoms. The van der Waals surface area contributed by atoms with Gasteiger partial charge < -0.3 is 10.1 Å². The summed E-state index contributed by atoms with van der Waals surface area (Å²) >= 11 is 0. The number of hydrogen-bond donors (Lipinski definition) is 1. The highest BCUT2D eigenvalue weighted by molar-refractivity contribution is 5.06. The van der Waals surface area contributed by atoms with E-state index in [0.29, 0.717) is 11.6 Å². The van der Waals surface area contributed by atoms with E-state index in [1.807, 2.05) is 0 Å². The predicted octanol–water partition coefficient (Wildman–Crippen LogP) is 2.26. The predicted molar refractivity (Wildman–Crippen MR) is 75.9 cm³/mol. The summed E-state index contributed by atoms with van der Waals surface area (Å²) in [4.78, 5) is 2.67. The Morgan fingerprint density at radius 2 is 1.94 bits per heavy atom. The van der Waals surface area contributed by atoms with E-state index in [2.05, 4.69) is 44.8 Å². The Morgan fingerprint density at radius 1 is 1.28 bits per heavy atom. The van der Waals surface area contributed by atoms with Gasteiger partial charge in [-0.3, -0.25) is 4.90 Å². The second-order valence-corrected chi connectivity index (χ2v) is 7.21. The highest BCUT2D eigenvalue weighted by atomic mass is 16.5. The average Bonchev–Trinajstić information content (AvgIpc) is 3.06. The molecule has 0 radical (unpaired) electrons. The van der Waals surface area contributed by atoms with Gasteiger partial charge in [-0.05, 0) is 53.4 Å². The summed E-state index contributed by atoms with van der Waals surface area (Å²) in [5, 5.41) is 3.72. The molecule has 1 aliphatic heterocycles. The molecule has 1 N–H and O–H groups in total. The van der Waals surface area contributed by atoms with Gasteiger partial charge in [0.2, 0.25) is 0 Å². The lowest BCUT2D eigenvalue weighted by Gasteiger charge is -2.52. The molecule has 1 saturated heterocycles. The molecule has 0 amide bonds. The van der Waals surface area contributed by atoms with Crippen molar-refractivity contribution < 1.29 is 4.74 Å². The van der Waals surface area contributed by atoms with Crippen molar-refractivity contribution in [1.82, 2.24) is 10.2 Å². The van der Waals surface area contributed by atoms with Crippen molar-refractivity contribution in [3.63, 3.8) is 0 Å². The fourth-order valence-electron chi connectivity index (χ4n) is 3.08. The van der Waals surface area contributed by atoms with Crippen LogP contribution in [0, 0.1) is 5.92 Å². The summed E-state index contributed by atoms with van der Waals surface area (Å²) in [6.45, 7) is 15.4. The van der Waals surface area contributed by atoms with Crippen molar-refractivity contribution in [2.45, 2.75) is 64.6 Å². The maximum atomic E-state index is 5.74. The fourth-order valence-corrected chi connectivity index (χ4v) is 3.08. The first-order valence-corrected chi connectivity index (χ1v) is 7.45. The normalized spacial score (nSPS) is 33.0. The molecule has 2 aliphatic rings.